The van der Waals surface area contributed by atoms with Crippen molar-refractivity contribution >= 4 is 11.4 Å². The lowest BCUT2D eigenvalue weighted by atomic mass is 9.95. The first kappa shape index (κ1) is 24.3. The summed E-state index contributed by atoms with van der Waals surface area (Å²) in [7, 11) is 0. The average Bonchev–Trinajstić information content (AvgIpc) is 3.02. The molecule has 0 radical (unpaired) electrons. The molecule has 2 unspecified atom stereocenters. The Hall–Kier alpha value is -4.70. The maximum atomic E-state index is 6.70. The van der Waals surface area contributed by atoms with Crippen molar-refractivity contribution in [1.29, 1.82) is 0 Å². The van der Waals surface area contributed by atoms with E-state index in [4.69, 9.17) is 9.47 Å². The second-order valence-corrected chi connectivity index (χ2v) is 10.5. The highest BCUT2D eigenvalue weighted by atomic mass is 16.5. The maximum Gasteiger partial charge on any atom is 0.143 e. The molecule has 0 fully saturated rings. The summed E-state index contributed by atoms with van der Waals surface area (Å²) in [6, 6.07) is 46.7. The van der Waals surface area contributed by atoms with Crippen molar-refractivity contribution in [1.82, 2.24) is 0 Å². The Kier molecular flexibility index (Phi) is 6.58. The van der Waals surface area contributed by atoms with Gasteiger partial charge < -0.3 is 19.3 Å². The fraction of sp³-hybridized carbons (Fsp3) is 0.167. The predicted octanol–water partition coefficient (Wildman–Crippen LogP) is 7.97. The fourth-order valence-corrected chi connectivity index (χ4v) is 5.94. The third kappa shape index (κ3) is 4.89. The van der Waals surface area contributed by atoms with Gasteiger partial charge in [-0.15, -0.1) is 0 Å². The van der Waals surface area contributed by atoms with E-state index in [0.717, 1.165) is 49.1 Å². The minimum Gasteiger partial charge on any atom is -0.482 e. The van der Waals surface area contributed by atoms with Crippen LogP contribution in [0.4, 0.5) is 11.4 Å². The zero-order valence-electron chi connectivity index (χ0n) is 22.4. The summed E-state index contributed by atoms with van der Waals surface area (Å²) in [5, 5.41) is 0. The van der Waals surface area contributed by atoms with E-state index in [9.17, 15) is 0 Å². The molecule has 4 heteroatoms. The van der Waals surface area contributed by atoms with Crippen LogP contribution in [0, 0.1) is 0 Å². The summed E-state index contributed by atoms with van der Waals surface area (Å²) < 4.78 is 13.4. The van der Waals surface area contributed by atoms with Crippen LogP contribution >= 0.6 is 0 Å². The second kappa shape index (κ2) is 10.8. The summed E-state index contributed by atoms with van der Waals surface area (Å²) in [5.41, 5.74) is 7.21. The zero-order valence-corrected chi connectivity index (χ0v) is 22.4. The minimum absolute atomic E-state index is 0.113. The molecule has 40 heavy (non-hydrogen) atoms. The van der Waals surface area contributed by atoms with E-state index in [1.165, 1.54) is 22.3 Å². The number of benzene rings is 5. The molecule has 0 bridgehead atoms. The van der Waals surface area contributed by atoms with Crippen LogP contribution in [0.5, 0.6) is 11.5 Å². The van der Waals surface area contributed by atoms with Crippen molar-refractivity contribution in [3.05, 3.63) is 156 Å². The molecule has 5 aromatic rings. The lowest BCUT2D eigenvalue weighted by molar-refractivity contribution is 0.174. The van der Waals surface area contributed by atoms with Gasteiger partial charge in [-0.2, -0.15) is 0 Å². The topological polar surface area (TPSA) is 24.9 Å². The van der Waals surface area contributed by atoms with Gasteiger partial charge in [0.15, 0.2) is 0 Å². The Bertz CT molecular complexity index is 1470. The second-order valence-electron chi connectivity index (χ2n) is 10.5. The van der Waals surface area contributed by atoms with E-state index < -0.39 is 0 Å². The molecule has 0 amide bonds. The number of para-hydroxylation sites is 4. The van der Waals surface area contributed by atoms with E-state index in [0.29, 0.717) is 0 Å². The van der Waals surface area contributed by atoms with E-state index in [1.54, 1.807) is 0 Å². The number of rotatable bonds is 6. The molecular weight excluding hydrogens is 492 g/mol. The summed E-state index contributed by atoms with van der Waals surface area (Å²) in [5.74, 6) is 1.84. The quantitative estimate of drug-likeness (QED) is 0.225. The molecule has 2 aliphatic heterocycles. The number of hydrogen-bond donors (Lipinski definition) is 0. The molecule has 0 spiro atoms. The highest BCUT2D eigenvalue weighted by Gasteiger charge is 2.33. The molecular formula is C36H32N2O2. The van der Waals surface area contributed by atoms with Crippen molar-refractivity contribution in [2.24, 2.45) is 0 Å². The molecule has 0 aromatic heterocycles. The monoisotopic (exact) mass is 524 g/mol. The standard InChI is InChI=1S/C36H32N2O2/c1-3-13-27(14-4-1)23-37-25-35(39-33-21-11-9-19-31(33)37)29-17-7-8-18-30(29)36-26-38(24-28-15-5-2-6-16-28)32-20-10-12-22-34(32)40-36/h1-22,35-36H,23-26H2. The van der Waals surface area contributed by atoms with Gasteiger partial charge >= 0.3 is 0 Å². The number of fused-ring (bicyclic) bond motifs is 2. The van der Waals surface area contributed by atoms with Crippen LogP contribution in [0.3, 0.4) is 0 Å². The summed E-state index contributed by atoms with van der Waals surface area (Å²) in [6.45, 7) is 3.19. The normalized spacial score (nSPS) is 17.8. The van der Waals surface area contributed by atoms with Gasteiger partial charge in [0, 0.05) is 24.2 Å². The molecule has 0 saturated heterocycles. The molecule has 4 nitrogen and oxygen atoms in total. The number of anilines is 2. The molecule has 0 saturated carbocycles. The van der Waals surface area contributed by atoms with Crippen molar-refractivity contribution < 1.29 is 9.47 Å². The van der Waals surface area contributed by atoms with Crippen molar-refractivity contribution in [3.8, 4) is 11.5 Å². The lowest BCUT2D eigenvalue weighted by Crippen LogP contribution is -2.37. The Labute approximate surface area is 236 Å². The Morgan fingerprint density at radius 1 is 0.450 bits per heavy atom. The fourth-order valence-electron chi connectivity index (χ4n) is 5.94. The molecule has 5 aromatic carbocycles. The zero-order chi connectivity index (χ0) is 26.7. The van der Waals surface area contributed by atoms with Crippen LogP contribution in [0.15, 0.2) is 133 Å². The van der Waals surface area contributed by atoms with E-state index in [2.05, 4.69) is 143 Å². The Morgan fingerprint density at radius 3 is 1.27 bits per heavy atom. The number of nitrogens with zero attached hydrogens (tertiary/aromatic N) is 2. The van der Waals surface area contributed by atoms with Crippen molar-refractivity contribution in [3.63, 3.8) is 0 Å². The predicted molar refractivity (Wildman–Crippen MR) is 161 cm³/mol. The molecule has 198 valence electrons. The third-order valence-electron chi connectivity index (χ3n) is 7.85. The lowest BCUT2D eigenvalue weighted by Gasteiger charge is -2.40. The number of hydrogen-bond acceptors (Lipinski definition) is 4. The van der Waals surface area contributed by atoms with Crippen LogP contribution < -0.4 is 19.3 Å². The van der Waals surface area contributed by atoms with Crippen LogP contribution in [0.2, 0.25) is 0 Å². The number of ether oxygens (including phenoxy) is 2. The minimum atomic E-state index is -0.113. The Balaban J connectivity index is 1.22. The Morgan fingerprint density at radius 2 is 0.825 bits per heavy atom. The van der Waals surface area contributed by atoms with Crippen LogP contribution in [-0.2, 0) is 13.1 Å². The highest BCUT2D eigenvalue weighted by Crippen LogP contribution is 2.43. The maximum absolute atomic E-state index is 6.70. The van der Waals surface area contributed by atoms with Gasteiger partial charge in [-0.05, 0) is 35.4 Å². The molecule has 2 aliphatic rings. The van der Waals surface area contributed by atoms with E-state index in [-0.39, 0.29) is 12.2 Å². The summed E-state index contributed by atoms with van der Waals surface area (Å²) in [4.78, 5) is 4.88. The van der Waals surface area contributed by atoms with Gasteiger partial charge in [0.2, 0.25) is 0 Å². The molecule has 7 rings (SSSR count). The molecule has 0 N–H and O–H groups in total. The largest absolute Gasteiger partial charge is 0.482 e. The van der Waals surface area contributed by atoms with Crippen LogP contribution in [0.1, 0.15) is 34.5 Å². The van der Waals surface area contributed by atoms with E-state index >= 15 is 0 Å². The molecule has 2 atom stereocenters. The summed E-state index contributed by atoms with van der Waals surface area (Å²) in [6.07, 6.45) is -0.226. The van der Waals surface area contributed by atoms with E-state index in [1.807, 2.05) is 0 Å². The highest BCUT2D eigenvalue weighted by molar-refractivity contribution is 5.62. The first-order valence-corrected chi connectivity index (χ1v) is 14.0. The van der Waals surface area contributed by atoms with Crippen molar-refractivity contribution in [2.45, 2.75) is 25.3 Å². The van der Waals surface area contributed by atoms with Gasteiger partial charge in [0.05, 0.1) is 24.5 Å². The first-order chi connectivity index (χ1) is 19.8. The van der Waals surface area contributed by atoms with Crippen LogP contribution in [-0.4, -0.2) is 13.1 Å². The first-order valence-electron chi connectivity index (χ1n) is 14.0. The SMILES string of the molecule is c1ccc(CN2CC(c3ccccc3C3CN(Cc4ccccc4)c4ccccc4O3)Oc3ccccc32)cc1. The molecule has 0 aliphatic carbocycles. The smallest absolute Gasteiger partial charge is 0.143 e. The van der Waals surface area contributed by atoms with Crippen molar-refractivity contribution in [2.75, 3.05) is 22.9 Å². The average molecular weight is 525 g/mol. The summed E-state index contributed by atoms with van der Waals surface area (Å²) >= 11 is 0. The van der Waals surface area contributed by atoms with Gasteiger partial charge in [0.1, 0.15) is 23.7 Å². The molecule has 2 heterocycles. The van der Waals surface area contributed by atoms with Crippen LogP contribution in [0.25, 0.3) is 0 Å². The van der Waals surface area contributed by atoms with Gasteiger partial charge in [-0.25, -0.2) is 0 Å². The van der Waals surface area contributed by atoms with Gasteiger partial charge in [0.25, 0.3) is 0 Å². The van der Waals surface area contributed by atoms with Gasteiger partial charge in [-0.1, -0.05) is 109 Å². The third-order valence-corrected chi connectivity index (χ3v) is 7.85. The van der Waals surface area contributed by atoms with Gasteiger partial charge in [-0.3, -0.25) is 0 Å².